The Morgan fingerprint density at radius 3 is 2.24 bits per heavy atom. The van der Waals surface area contributed by atoms with Gasteiger partial charge >= 0.3 is 0 Å². The van der Waals surface area contributed by atoms with Crippen molar-refractivity contribution in [2.24, 2.45) is 0 Å². The van der Waals surface area contributed by atoms with Crippen LogP contribution in [0.2, 0.25) is 5.02 Å². The van der Waals surface area contributed by atoms with Crippen LogP contribution in [-0.2, 0) is 26.2 Å². The molecule has 0 unspecified atom stereocenters. The lowest BCUT2D eigenvalue weighted by atomic mass is 10.2. The molecule has 156 valence electrons. The van der Waals surface area contributed by atoms with Crippen LogP contribution >= 0.6 is 11.6 Å². The molecule has 29 heavy (non-hydrogen) atoms. The zero-order valence-electron chi connectivity index (χ0n) is 16.5. The molecule has 2 N–H and O–H groups in total. The largest absolute Gasteiger partial charge is 0.353 e. The first-order chi connectivity index (χ1) is 13.6. The standard InChI is InChI=1S/C20H24ClN3O4S/c1-14(2)22-20(26)13-24(12-16-6-4-5-7-19(16)21)29(27,28)18-10-8-17(9-11-18)23-15(3)25/h4-11,14H,12-13H2,1-3H3,(H,22,26)(H,23,25). The second-order valence-corrected chi connectivity index (χ2v) is 9.14. The number of sulfonamides is 1. The highest BCUT2D eigenvalue weighted by Crippen LogP contribution is 2.23. The minimum atomic E-state index is -3.99. The third-order valence-electron chi connectivity index (χ3n) is 3.89. The second-order valence-electron chi connectivity index (χ2n) is 6.79. The highest BCUT2D eigenvalue weighted by molar-refractivity contribution is 7.89. The molecule has 7 nitrogen and oxygen atoms in total. The van der Waals surface area contributed by atoms with Crippen molar-refractivity contribution in [3.8, 4) is 0 Å². The highest BCUT2D eigenvalue weighted by Gasteiger charge is 2.27. The Hall–Kier alpha value is -2.42. The molecule has 2 amide bonds. The minimum absolute atomic E-state index is 0.0102. The van der Waals surface area contributed by atoms with Crippen molar-refractivity contribution in [1.29, 1.82) is 0 Å². The highest BCUT2D eigenvalue weighted by atomic mass is 35.5. The number of benzene rings is 2. The lowest BCUT2D eigenvalue weighted by Gasteiger charge is -2.23. The molecule has 0 saturated heterocycles. The maximum atomic E-state index is 13.2. The van der Waals surface area contributed by atoms with Crippen LogP contribution < -0.4 is 10.6 Å². The van der Waals surface area contributed by atoms with Gasteiger partial charge < -0.3 is 10.6 Å². The molecule has 0 fully saturated rings. The average Bonchev–Trinajstić information content (AvgIpc) is 2.62. The predicted molar refractivity (Wildman–Crippen MR) is 113 cm³/mol. The van der Waals surface area contributed by atoms with Crippen LogP contribution in [0.1, 0.15) is 26.3 Å². The Bertz CT molecular complexity index is 975. The third kappa shape index (κ3) is 6.56. The molecule has 0 saturated carbocycles. The van der Waals surface area contributed by atoms with E-state index in [0.29, 0.717) is 16.3 Å². The van der Waals surface area contributed by atoms with Gasteiger partial charge in [0.15, 0.2) is 0 Å². The van der Waals surface area contributed by atoms with E-state index >= 15 is 0 Å². The molecule has 2 aromatic carbocycles. The Labute approximate surface area is 176 Å². The van der Waals surface area contributed by atoms with E-state index in [1.165, 1.54) is 31.2 Å². The lowest BCUT2D eigenvalue weighted by molar-refractivity contribution is -0.121. The fourth-order valence-electron chi connectivity index (χ4n) is 2.63. The van der Waals surface area contributed by atoms with Crippen molar-refractivity contribution in [2.45, 2.75) is 38.3 Å². The molecule has 0 atom stereocenters. The Morgan fingerprint density at radius 1 is 1.07 bits per heavy atom. The molecule has 0 bridgehead atoms. The van der Waals surface area contributed by atoms with Gasteiger partial charge in [-0.2, -0.15) is 4.31 Å². The van der Waals surface area contributed by atoms with Gasteiger partial charge in [-0.05, 0) is 49.7 Å². The maximum absolute atomic E-state index is 13.2. The first-order valence-electron chi connectivity index (χ1n) is 9.00. The van der Waals surface area contributed by atoms with E-state index in [9.17, 15) is 18.0 Å². The zero-order chi connectivity index (χ0) is 21.6. The summed E-state index contributed by atoms with van der Waals surface area (Å²) in [6, 6.07) is 12.5. The molecule has 0 aliphatic carbocycles. The number of anilines is 1. The van der Waals surface area contributed by atoms with Gasteiger partial charge in [0, 0.05) is 30.2 Å². The summed E-state index contributed by atoms with van der Waals surface area (Å²) in [4.78, 5) is 23.5. The SMILES string of the molecule is CC(=O)Nc1ccc(S(=O)(=O)N(CC(=O)NC(C)C)Cc2ccccc2Cl)cc1. The van der Waals surface area contributed by atoms with Gasteiger partial charge in [-0.1, -0.05) is 29.8 Å². The molecule has 0 aliphatic rings. The van der Waals surface area contributed by atoms with E-state index < -0.39 is 15.9 Å². The Morgan fingerprint density at radius 2 is 1.69 bits per heavy atom. The van der Waals surface area contributed by atoms with Gasteiger partial charge in [-0.3, -0.25) is 9.59 Å². The summed E-state index contributed by atoms with van der Waals surface area (Å²) in [7, 11) is -3.99. The topological polar surface area (TPSA) is 95.6 Å². The third-order valence-corrected chi connectivity index (χ3v) is 6.06. The van der Waals surface area contributed by atoms with Gasteiger partial charge in [0.2, 0.25) is 21.8 Å². The van der Waals surface area contributed by atoms with Gasteiger partial charge in [-0.25, -0.2) is 8.42 Å². The van der Waals surface area contributed by atoms with E-state index in [2.05, 4.69) is 10.6 Å². The number of halogens is 1. The second kappa shape index (κ2) is 9.87. The fraction of sp³-hybridized carbons (Fsp3) is 0.300. The molecule has 2 aromatic rings. The van der Waals surface area contributed by atoms with E-state index in [4.69, 9.17) is 11.6 Å². The molecule has 0 spiro atoms. The summed E-state index contributed by atoms with van der Waals surface area (Å²) < 4.78 is 27.5. The van der Waals surface area contributed by atoms with E-state index in [-0.39, 0.29) is 29.9 Å². The number of nitrogens with one attached hydrogen (secondary N) is 2. The Kier molecular flexibility index (Phi) is 7.78. The van der Waals surface area contributed by atoms with E-state index in [1.54, 1.807) is 38.1 Å². The molecular weight excluding hydrogens is 414 g/mol. The molecular formula is C20H24ClN3O4S. The van der Waals surface area contributed by atoms with Gasteiger partial charge in [0.1, 0.15) is 0 Å². The van der Waals surface area contributed by atoms with Crippen LogP contribution in [-0.4, -0.2) is 37.1 Å². The lowest BCUT2D eigenvalue weighted by Crippen LogP contribution is -2.42. The monoisotopic (exact) mass is 437 g/mol. The number of amides is 2. The van der Waals surface area contributed by atoms with Crippen LogP contribution in [0.5, 0.6) is 0 Å². The molecule has 0 heterocycles. The number of hydrogen-bond donors (Lipinski definition) is 2. The van der Waals surface area contributed by atoms with Crippen molar-refractivity contribution in [3.63, 3.8) is 0 Å². The fourth-order valence-corrected chi connectivity index (χ4v) is 4.20. The van der Waals surface area contributed by atoms with Gasteiger partial charge in [0.05, 0.1) is 11.4 Å². The summed E-state index contributed by atoms with van der Waals surface area (Å²) in [6.07, 6.45) is 0. The predicted octanol–water partition coefficient (Wildman–Crippen LogP) is 3.01. The van der Waals surface area contributed by atoms with Crippen molar-refractivity contribution in [1.82, 2.24) is 9.62 Å². The zero-order valence-corrected chi connectivity index (χ0v) is 18.0. The average molecular weight is 438 g/mol. The summed E-state index contributed by atoms with van der Waals surface area (Å²) in [6.45, 7) is 4.56. The van der Waals surface area contributed by atoms with Gasteiger partial charge in [0.25, 0.3) is 0 Å². The molecule has 2 rings (SSSR count). The normalized spacial score (nSPS) is 11.5. The van der Waals surface area contributed by atoms with Crippen molar-refractivity contribution in [3.05, 3.63) is 59.1 Å². The summed E-state index contributed by atoms with van der Waals surface area (Å²) >= 11 is 6.19. The number of carbonyl (C=O) groups excluding carboxylic acids is 2. The number of hydrogen-bond acceptors (Lipinski definition) is 4. The maximum Gasteiger partial charge on any atom is 0.243 e. The van der Waals surface area contributed by atoms with Crippen LogP contribution in [0, 0.1) is 0 Å². The van der Waals surface area contributed by atoms with E-state index in [0.717, 1.165) is 4.31 Å². The Balaban J connectivity index is 2.35. The summed E-state index contributed by atoms with van der Waals surface area (Å²) in [5, 5.41) is 5.70. The molecule has 0 aliphatic heterocycles. The van der Waals surface area contributed by atoms with E-state index in [1.807, 2.05) is 0 Å². The molecule has 9 heteroatoms. The van der Waals surface area contributed by atoms with Crippen molar-refractivity contribution >= 4 is 39.1 Å². The quantitative estimate of drug-likeness (QED) is 0.663. The van der Waals surface area contributed by atoms with Crippen LogP contribution in [0.3, 0.4) is 0 Å². The summed E-state index contributed by atoms with van der Waals surface area (Å²) in [5.74, 6) is -0.670. The number of rotatable bonds is 8. The number of nitrogens with zero attached hydrogens (tertiary/aromatic N) is 1. The first-order valence-corrected chi connectivity index (χ1v) is 10.8. The van der Waals surface area contributed by atoms with Crippen LogP contribution in [0.4, 0.5) is 5.69 Å². The molecule has 0 aromatic heterocycles. The van der Waals surface area contributed by atoms with Gasteiger partial charge in [-0.15, -0.1) is 0 Å². The van der Waals surface area contributed by atoms with Crippen LogP contribution in [0.15, 0.2) is 53.4 Å². The van der Waals surface area contributed by atoms with Crippen LogP contribution in [0.25, 0.3) is 0 Å². The first kappa shape index (κ1) is 22.9. The van der Waals surface area contributed by atoms with Crippen molar-refractivity contribution < 1.29 is 18.0 Å². The summed E-state index contributed by atoms with van der Waals surface area (Å²) in [5.41, 5.74) is 1.07. The van der Waals surface area contributed by atoms with Crippen molar-refractivity contribution in [2.75, 3.05) is 11.9 Å². The smallest absolute Gasteiger partial charge is 0.243 e. The molecule has 0 radical (unpaired) electrons. The minimum Gasteiger partial charge on any atom is -0.353 e. The number of carbonyl (C=O) groups is 2.